The van der Waals surface area contributed by atoms with Crippen molar-refractivity contribution in [3.05, 3.63) is 49.1 Å². The Kier molecular flexibility index (Phi) is 9.10. The van der Waals surface area contributed by atoms with E-state index in [2.05, 4.69) is 30.9 Å². The maximum absolute atomic E-state index is 3.66. The van der Waals surface area contributed by atoms with E-state index < -0.39 is 0 Å². The zero-order valence-electron chi connectivity index (χ0n) is 7.87. The Hall–Kier alpha value is -1.04. The van der Waals surface area contributed by atoms with Crippen molar-refractivity contribution in [1.29, 1.82) is 0 Å². The third-order valence-corrected chi connectivity index (χ3v) is 1.42. The largest absolute Gasteiger partial charge is 0.103 e. The second kappa shape index (κ2) is 9.96. The molecule has 0 aliphatic heterocycles. The minimum Gasteiger partial charge on any atom is -0.103 e. The molecule has 0 bridgehead atoms. The number of hydrogen-bond donors (Lipinski definition) is 0. The normalized spacial score (nSPS) is 12.1. The van der Waals surface area contributed by atoms with Crippen molar-refractivity contribution in [2.75, 3.05) is 0 Å². The highest BCUT2D eigenvalue weighted by atomic mass is 13.8. The molecule has 66 valence electrons. The Morgan fingerprint density at radius 2 is 1.83 bits per heavy atom. The van der Waals surface area contributed by atoms with Crippen LogP contribution >= 0.6 is 0 Å². The summed E-state index contributed by atoms with van der Waals surface area (Å²) in [6, 6.07) is 0. The molecule has 0 rings (SSSR count). The molecule has 0 aliphatic carbocycles. The van der Waals surface area contributed by atoms with Crippen molar-refractivity contribution in [3.63, 3.8) is 0 Å². The third kappa shape index (κ3) is 8.96. The van der Waals surface area contributed by atoms with E-state index in [-0.39, 0.29) is 0 Å². The lowest BCUT2D eigenvalue weighted by Crippen LogP contribution is -1.63. The summed E-state index contributed by atoms with van der Waals surface area (Å²) in [7, 11) is 0. The molecule has 0 aromatic carbocycles. The van der Waals surface area contributed by atoms with Crippen LogP contribution in [0.1, 0.15) is 26.2 Å². The van der Waals surface area contributed by atoms with Gasteiger partial charge in [0.15, 0.2) is 0 Å². The molecule has 0 aliphatic rings. The number of rotatable bonds is 6. The van der Waals surface area contributed by atoms with Crippen LogP contribution in [0.2, 0.25) is 0 Å². The lowest BCUT2D eigenvalue weighted by molar-refractivity contribution is 1.05. The van der Waals surface area contributed by atoms with Gasteiger partial charge < -0.3 is 0 Å². The summed E-state index contributed by atoms with van der Waals surface area (Å²) in [5, 5.41) is 0. The highest BCUT2D eigenvalue weighted by molar-refractivity contribution is 5.03. The Balaban J connectivity index is 3.29. The Bertz CT molecular complexity index is 170. The summed E-state index contributed by atoms with van der Waals surface area (Å²) >= 11 is 0. The van der Waals surface area contributed by atoms with E-state index in [0.29, 0.717) is 0 Å². The van der Waals surface area contributed by atoms with Crippen molar-refractivity contribution in [1.82, 2.24) is 0 Å². The first-order valence-corrected chi connectivity index (χ1v) is 4.45. The van der Waals surface area contributed by atoms with E-state index in [0.717, 1.165) is 19.3 Å². The number of hydrogen-bond acceptors (Lipinski definition) is 0. The molecule has 0 saturated carbocycles. The van der Waals surface area contributed by atoms with Gasteiger partial charge in [-0.1, -0.05) is 42.5 Å². The van der Waals surface area contributed by atoms with E-state index in [1.165, 1.54) is 0 Å². The molecular weight excluding hydrogens is 144 g/mol. The quantitative estimate of drug-likeness (QED) is 0.314. The van der Waals surface area contributed by atoms with Gasteiger partial charge in [-0.2, -0.15) is 0 Å². The number of unbranched alkanes of at least 4 members (excludes halogenated alkanes) is 1. The van der Waals surface area contributed by atoms with Crippen molar-refractivity contribution < 1.29 is 0 Å². The molecule has 0 N–H and O–H groups in total. The standard InChI is InChI=1S/C12H18/c1-3-5-7-9-11-12-10-8-6-4-2/h3-4,6,8-11H,1,5,7,12H2,2H3/b6-4+,10-8+,11-9+. The van der Waals surface area contributed by atoms with Crippen molar-refractivity contribution in [2.24, 2.45) is 0 Å². The molecule has 0 saturated heterocycles. The van der Waals surface area contributed by atoms with Gasteiger partial charge in [0.2, 0.25) is 0 Å². The summed E-state index contributed by atoms with van der Waals surface area (Å²) in [6.45, 7) is 5.68. The van der Waals surface area contributed by atoms with Gasteiger partial charge in [-0.25, -0.2) is 0 Å². The topological polar surface area (TPSA) is 0 Å². The lowest BCUT2D eigenvalue weighted by Gasteiger charge is -1.83. The first kappa shape index (κ1) is 11.0. The van der Waals surface area contributed by atoms with Gasteiger partial charge >= 0.3 is 0 Å². The summed E-state index contributed by atoms with van der Waals surface area (Å²) in [5.41, 5.74) is 0. The van der Waals surface area contributed by atoms with Crippen LogP contribution < -0.4 is 0 Å². The second-order valence-electron chi connectivity index (χ2n) is 2.53. The van der Waals surface area contributed by atoms with Gasteiger partial charge in [-0.3, -0.25) is 0 Å². The Labute approximate surface area is 76.0 Å². The zero-order valence-corrected chi connectivity index (χ0v) is 7.87. The van der Waals surface area contributed by atoms with E-state index in [9.17, 15) is 0 Å². The van der Waals surface area contributed by atoms with Crippen LogP contribution in [-0.2, 0) is 0 Å². The first-order valence-electron chi connectivity index (χ1n) is 4.45. The smallest absolute Gasteiger partial charge is 0.0166 e. The lowest BCUT2D eigenvalue weighted by atomic mass is 10.2. The van der Waals surface area contributed by atoms with Crippen LogP contribution in [0.25, 0.3) is 0 Å². The number of allylic oxidation sites excluding steroid dienone is 7. The highest BCUT2D eigenvalue weighted by Crippen LogP contribution is 1.93. The molecule has 0 aromatic heterocycles. The second-order valence-corrected chi connectivity index (χ2v) is 2.53. The van der Waals surface area contributed by atoms with E-state index in [4.69, 9.17) is 0 Å². The molecule has 0 unspecified atom stereocenters. The van der Waals surface area contributed by atoms with Gasteiger partial charge in [-0.05, 0) is 26.2 Å². The van der Waals surface area contributed by atoms with Gasteiger partial charge in [0.1, 0.15) is 0 Å². The molecule has 0 amide bonds. The van der Waals surface area contributed by atoms with Gasteiger partial charge in [0.25, 0.3) is 0 Å². The van der Waals surface area contributed by atoms with E-state index >= 15 is 0 Å². The summed E-state index contributed by atoms with van der Waals surface area (Å²) in [5.74, 6) is 0. The predicted molar refractivity (Wildman–Crippen MR) is 57.1 cm³/mol. The van der Waals surface area contributed by atoms with E-state index in [1.807, 2.05) is 25.2 Å². The zero-order chi connectivity index (χ0) is 9.07. The summed E-state index contributed by atoms with van der Waals surface area (Å²) < 4.78 is 0. The SMILES string of the molecule is C=CCC/C=C/C/C=C/C=C/C. The fourth-order valence-corrected chi connectivity index (χ4v) is 0.775. The molecule has 0 nitrogen and oxygen atoms in total. The van der Waals surface area contributed by atoms with Gasteiger partial charge in [-0.15, -0.1) is 6.58 Å². The third-order valence-electron chi connectivity index (χ3n) is 1.42. The van der Waals surface area contributed by atoms with Crippen LogP contribution in [0, 0.1) is 0 Å². The van der Waals surface area contributed by atoms with Crippen LogP contribution in [0.5, 0.6) is 0 Å². The minimum atomic E-state index is 1.03. The van der Waals surface area contributed by atoms with Crippen LogP contribution in [0.3, 0.4) is 0 Å². The maximum atomic E-state index is 3.66. The molecule has 12 heavy (non-hydrogen) atoms. The Morgan fingerprint density at radius 3 is 2.50 bits per heavy atom. The van der Waals surface area contributed by atoms with Crippen LogP contribution in [-0.4, -0.2) is 0 Å². The van der Waals surface area contributed by atoms with Crippen molar-refractivity contribution in [2.45, 2.75) is 26.2 Å². The van der Waals surface area contributed by atoms with Crippen LogP contribution in [0.4, 0.5) is 0 Å². The van der Waals surface area contributed by atoms with Crippen LogP contribution in [0.15, 0.2) is 49.1 Å². The van der Waals surface area contributed by atoms with Gasteiger partial charge in [0.05, 0.1) is 0 Å². The fraction of sp³-hybridized carbons (Fsp3) is 0.333. The first-order chi connectivity index (χ1) is 5.91. The molecule has 0 radical (unpaired) electrons. The average molecular weight is 162 g/mol. The molecule has 0 spiro atoms. The van der Waals surface area contributed by atoms with Gasteiger partial charge in [0, 0.05) is 0 Å². The highest BCUT2D eigenvalue weighted by Gasteiger charge is 1.73. The molecule has 0 heteroatoms. The molecule has 0 atom stereocenters. The minimum absolute atomic E-state index is 1.03. The fourth-order valence-electron chi connectivity index (χ4n) is 0.775. The molecular formula is C12H18. The summed E-state index contributed by atoms with van der Waals surface area (Å²) in [6.07, 6.45) is 17.8. The monoisotopic (exact) mass is 162 g/mol. The van der Waals surface area contributed by atoms with E-state index in [1.54, 1.807) is 0 Å². The van der Waals surface area contributed by atoms with Crippen molar-refractivity contribution >= 4 is 0 Å². The molecule has 0 fully saturated rings. The maximum Gasteiger partial charge on any atom is -0.0166 e. The van der Waals surface area contributed by atoms with Crippen molar-refractivity contribution in [3.8, 4) is 0 Å². The molecule has 0 heterocycles. The average Bonchev–Trinajstić information content (AvgIpc) is 2.10. The predicted octanol–water partition coefficient (Wildman–Crippen LogP) is 4.03. The molecule has 0 aromatic rings. The summed E-state index contributed by atoms with van der Waals surface area (Å²) in [4.78, 5) is 0. The Morgan fingerprint density at radius 1 is 1.00 bits per heavy atom.